The van der Waals surface area contributed by atoms with Crippen LogP contribution in [0.3, 0.4) is 0 Å². The van der Waals surface area contributed by atoms with Crippen molar-refractivity contribution in [2.24, 2.45) is 0 Å². The molecule has 42 heavy (non-hydrogen) atoms. The number of halogens is 2. The molecule has 0 heterocycles. The van der Waals surface area contributed by atoms with Crippen LogP contribution < -0.4 is 21.2 Å². The molecule has 0 saturated carbocycles. The molecule has 4 aromatic carbocycles. The van der Waals surface area contributed by atoms with E-state index >= 15 is 0 Å². The molecule has 0 amide bonds. The SMILES string of the molecule is [CH2-]c1ccccc1P(c1ccccc1C)C(C)(C)C.[CH2-]c1ccccc1P(c1ccccc1C)C(C)(C)C.[Cl][Pd+].[Cl][Pd+]. The fourth-order valence-electron chi connectivity index (χ4n) is 4.79. The Morgan fingerprint density at radius 1 is 0.452 bits per heavy atom. The van der Waals surface area contributed by atoms with E-state index in [-0.39, 0.29) is 10.3 Å². The van der Waals surface area contributed by atoms with E-state index in [1.54, 1.807) is 0 Å². The van der Waals surface area contributed by atoms with Crippen LogP contribution in [0.25, 0.3) is 0 Å². The first-order valence-corrected chi connectivity index (χ1v) is 20.3. The Morgan fingerprint density at radius 2 is 0.690 bits per heavy atom. The van der Waals surface area contributed by atoms with Gasteiger partial charge in [0.1, 0.15) is 0 Å². The minimum atomic E-state index is -0.396. The molecule has 0 aromatic heterocycles. The molecule has 232 valence electrons. The van der Waals surface area contributed by atoms with E-state index in [2.05, 4.69) is 222 Å². The Hall–Kier alpha value is -0.615. The molecule has 0 saturated heterocycles. The third-order valence-electron chi connectivity index (χ3n) is 6.52. The molecule has 6 heteroatoms. The molecular formula is C36H44Cl2P2Pd2. The zero-order chi connectivity index (χ0) is 32.1. The average Bonchev–Trinajstić information content (AvgIpc) is 2.94. The van der Waals surface area contributed by atoms with E-state index in [0.29, 0.717) is 0 Å². The van der Waals surface area contributed by atoms with Gasteiger partial charge in [0.15, 0.2) is 0 Å². The zero-order valence-corrected chi connectivity index (χ0v) is 32.3. The first-order chi connectivity index (χ1) is 19.8. The summed E-state index contributed by atoms with van der Waals surface area (Å²) in [6, 6.07) is 34.6. The van der Waals surface area contributed by atoms with Crippen LogP contribution in [0, 0.1) is 27.7 Å². The molecule has 0 N–H and O–H groups in total. The molecule has 0 aliphatic rings. The summed E-state index contributed by atoms with van der Waals surface area (Å²) in [5, 5.41) is 6.21. The van der Waals surface area contributed by atoms with Gasteiger partial charge in [0.25, 0.3) is 0 Å². The third-order valence-corrected chi connectivity index (χ3v) is 13.0. The van der Waals surface area contributed by atoms with Gasteiger partial charge in [-0.15, -0.1) is 34.9 Å². The van der Waals surface area contributed by atoms with E-state index in [0.717, 1.165) is 11.1 Å². The first-order valence-electron chi connectivity index (χ1n) is 13.6. The number of hydrogen-bond acceptors (Lipinski definition) is 0. The van der Waals surface area contributed by atoms with Gasteiger partial charge in [-0.3, -0.25) is 0 Å². The number of rotatable bonds is 4. The molecule has 0 radical (unpaired) electrons. The van der Waals surface area contributed by atoms with Gasteiger partial charge in [0.2, 0.25) is 0 Å². The second kappa shape index (κ2) is 19.0. The second-order valence-electron chi connectivity index (χ2n) is 11.8. The first kappa shape index (κ1) is 39.4. The van der Waals surface area contributed by atoms with Crippen LogP contribution in [-0.2, 0) is 36.4 Å². The predicted molar refractivity (Wildman–Crippen MR) is 188 cm³/mol. The van der Waals surface area contributed by atoms with Crippen LogP contribution in [-0.4, -0.2) is 10.3 Å². The van der Waals surface area contributed by atoms with Crippen LogP contribution >= 0.6 is 34.9 Å². The summed E-state index contributed by atoms with van der Waals surface area (Å²) < 4.78 is 0. The van der Waals surface area contributed by atoms with Gasteiger partial charge in [-0.2, -0.15) is 37.1 Å². The second-order valence-corrected chi connectivity index (χ2v) is 17.8. The standard InChI is InChI=1S/2C18H22P.2ClH.2Pd/c2*1-14-10-6-8-12-16(14)19(18(3,4)5)17-13-9-7-11-15(17)2;;;;/h2*6-13H,1H2,2-5H3;2*1H;;/q2*-1;;;2*+2/p-2. The van der Waals surface area contributed by atoms with Crippen LogP contribution in [0.2, 0.25) is 0 Å². The van der Waals surface area contributed by atoms with Gasteiger partial charge in [-0.05, 0) is 45.9 Å². The molecule has 0 fully saturated rings. The van der Waals surface area contributed by atoms with Crippen molar-refractivity contribution in [1.29, 1.82) is 0 Å². The Morgan fingerprint density at radius 3 is 0.929 bits per heavy atom. The van der Waals surface area contributed by atoms with Crippen molar-refractivity contribution in [2.45, 2.75) is 65.7 Å². The summed E-state index contributed by atoms with van der Waals surface area (Å²) in [5.41, 5.74) is 5.08. The Kier molecular flexibility index (Phi) is 17.8. The molecule has 0 aliphatic carbocycles. The van der Waals surface area contributed by atoms with Gasteiger partial charge in [-0.1, -0.05) is 118 Å². The topological polar surface area (TPSA) is 0 Å². The number of aryl methyl sites for hydroxylation is 2. The molecule has 4 aromatic rings. The average molecular weight is 822 g/mol. The quantitative estimate of drug-likeness (QED) is 0.109. The van der Waals surface area contributed by atoms with Crippen molar-refractivity contribution < 1.29 is 36.4 Å². The van der Waals surface area contributed by atoms with Crippen molar-refractivity contribution in [2.75, 3.05) is 0 Å². The van der Waals surface area contributed by atoms with Gasteiger partial charge < -0.3 is 0 Å². The Bertz CT molecular complexity index is 1160. The van der Waals surface area contributed by atoms with Crippen molar-refractivity contribution in [1.82, 2.24) is 0 Å². The molecular weight excluding hydrogens is 778 g/mol. The van der Waals surface area contributed by atoms with Crippen molar-refractivity contribution >= 4 is 56.1 Å². The molecule has 4 rings (SSSR count). The van der Waals surface area contributed by atoms with E-state index in [9.17, 15) is 0 Å². The molecule has 2 atom stereocenters. The Labute approximate surface area is 289 Å². The summed E-state index contributed by atoms with van der Waals surface area (Å²) in [7, 11) is 8.19. The third kappa shape index (κ3) is 11.4. The monoisotopic (exact) mass is 820 g/mol. The van der Waals surface area contributed by atoms with E-state index in [1.165, 1.54) is 32.3 Å². The van der Waals surface area contributed by atoms with Gasteiger partial charge >= 0.3 is 55.4 Å². The van der Waals surface area contributed by atoms with Crippen molar-refractivity contribution in [3.63, 3.8) is 0 Å². The minimum absolute atomic E-state index is 0.231. The van der Waals surface area contributed by atoms with Crippen molar-refractivity contribution in [3.05, 3.63) is 133 Å². The fraction of sp³-hybridized carbons (Fsp3) is 0.278. The van der Waals surface area contributed by atoms with Gasteiger partial charge in [0, 0.05) is 0 Å². The number of benzene rings is 4. The predicted octanol–water partition coefficient (Wildman–Crippen LogP) is 10.2. The van der Waals surface area contributed by atoms with E-state index in [1.807, 2.05) is 0 Å². The maximum absolute atomic E-state index is 4.49. The van der Waals surface area contributed by atoms with E-state index in [4.69, 9.17) is 0 Å². The molecule has 0 bridgehead atoms. The summed E-state index contributed by atoms with van der Waals surface area (Å²) in [5.74, 6) is 0. The summed E-state index contributed by atoms with van der Waals surface area (Å²) >= 11 is 4.44. The van der Waals surface area contributed by atoms with Crippen molar-refractivity contribution in [3.8, 4) is 0 Å². The summed E-state index contributed by atoms with van der Waals surface area (Å²) in [6.45, 7) is 26.9. The van der Waals surface area contributed by atoms with Gasteiger partial charge in [-0.25, -0.2) is 0 Å². The van der Waals surface area contributed by atoms with Crippen LogP contribution in [0.15, 0.2) is 97.1 Å². The Balaban J connectivity index is 0.000000376. The number of hydrogen-bond donors (Lipinski definition) is 0. The fourth-order valence-corrected chi connectivity index (χ4v) is 10.7. The summed E-state index contributed by atoms with van der Waals surface area (Å²) in [4.78, 5) is 0. The summed E-state index contributed by atoms with van der Waals surface area (Å²) in [6.07, 6.45) is 0. The van der Waals surface area contributed by atoms with Crippen LogP contribution in [0.5, 0.6) is 0 Å². The molecule has 0 nitrogen and oxygen atoms in total. The zero-order valence-electron chi connectivity index (χ0n) is 25.9. The normalized spacial score (nSPS) is 12.3. The van der Waals surface area contributed by atoms with Crippen LogP contribution in [0.1, 0.15) is 63.8 Å². The maximum atomic E-state index is 4.49. The molecule has 2 unspecified atom stereocenters. The molecule has 0 aliphatic heterocycles. The molecule has 0 spiro atoms. The van der Waals surface area contributed by atoms with Gasteiger partial charge in [0.05, 0.1) is 0 Å². The van der Waals surface area contributed by atoms with E-state index < -0.39 is 15.8 Å². The van der Waals surface area contributed by atoms with Crippen LogP contribution in [0.4, 0.5) is 0 Å².